The Labute approximate surface area is 168 Å². The largest absolute Gasteiger partial charge is 0.366 e. The van der Waals surface area contributed by atoms with Crippen molar-refractivity contribution in [2.24, 2.45) is 5.73 Å². The maximum Gasteiger partial charge on any atom is 0.261 e. The van der Waals surface area contributed by atoms with Crippen LogP contribution in [0.25, 0.3) is 0 Å². The maximum atomic E-state index is 12.6. The molecule has 0 aromatic heterocycles. The highest BCUT2D eigenvalue weighted by molar-refractivity contribution is 7.92. The fourth-order valence-electron chi connectivity index (χ4n) is 2.76. The van der Waals surface area contributed by atoms with E-state index in [-0.39, 0.29) is 16.1 Å². The summed E-state index contributed by atoms with van der Waals surface area (Å²) in [7, 11) is -3.76. The molecular formula is C21H19N3O4S. The average molecular weight is 409 g/mol. The van der Waals surface area contributed by atoms with Crippen LogP contribution in [-0.2, 0) is 10.0 Å². The van der Waals surface area contributed by atoms with E-state index in [2.05, 4.69) is 10.0 Å². The molecule has 0 spiro atoms. The van der Waals surface area contributed by atoms with Gasteiger partial charge in [0.2, 0.25) is 5.91 Å². The van der Waals surface area contributed by atoms with Gasteiger partial charge in [0.1, 0.15) is 0 Å². The first kappa shape index (κ1) is 20.1. The lowest BCUT2D eigenvalue weighted by Crippen LogP contribution is -2.16. The maximum absolute atomic E-state index is 12.6. The third-order valence-corrected chi connectivity index (χ3v) is 5.58. The number of benzene rings is 3. The van der Waals surface area contributed by atoms with Gasteiger partial charge in [0.15, 0.2) is 0 Å². The lowest BCUT2D eigenvalue weighted by molar-refractivity contribution is 0.0997. The van der Waals surface area contributed by atoms with E-state index in [0.29, 0.717) is 16.8 Å². The van der Waals surface area contributed by atoms with Crippen molar-refractivity contribution in [3.05, 3.63) is 89.5 Å². The lowest BCUT2D eigenvalue weighted by atomic mass is 10.1. The molecular weight excluding hydrogens is 390 g/mol. The van der Waals surface area contributed by atoms with Gasteiger partial charge in [0, 0.05) is 22.5 Å². The minimum absolute atomic E-state index is 0.125. The van der Waals surface area contributed by atoms with Gasteiger partial charge < -0.3 is 11.1 Å². The number of hydrogen-bond donors (Lipinski definition) is 3. The Morgan fingerprint density at radius 3 is 2.24 bits per heavy atom. The van der Waals surface area contributed by atoms with E-state index in [1.165, 1.54) is 24.3 Å². The van der Waals surface area contributed by atoms with Gasteiger partial charge in [-0.15, -0.1) is 0 Å². The second-order valence-electron chi connectivity index (χ2n) is 6.35. The van der Waals surface area contributed by atoms with Crippen LogP contribution in [0.5, 0.6) is 0 Å². The molecule has 2 amide bonds. The molecule has 0 unspecified atom stereocenters. The lowest BCUT2D eigenvalue weighted by Gasteiger charge is -2.11. The van der Waals surface area contributed by atoms with Gasteiger partial charge >= 0.3 is 0 Å². The van der Waals surface area contributed by atoms with Crippen molar-refractivity contribution in [1.82, 2.24) is 0 Å². The summed E-state index contributed by atoms with van der Waals surface area (Å²) in [5.41, 5.74) is 7.33. The number of hydrogen-bond acceptors (Lipinski definition) is 4. The summed E-state index contributed by atoms with van der Waals surface area (Å²) in [6.07, 6.45) is 0. The molecule has 0 radical (unpaired) electrons. The van der Waals surface area contributed by atoms with Gasteiger partial charge in [-0.1, -0.05) is 24.3 Å². The first-order valence-electron chi connectivity index (χ1n) is 8.66. The fraction of sp³-hybridized carbons (Fsp3) is 0.0476. The van der Waals surface area contributed by atoms with Gasteiger partial charge in [0.05, 0.1) is 4.90 Å². The van der Waals surface area contributed by atoms with E-state index < -0.39 is 21.8 Å². The highest BCUT2D eigenvalue weighted by Crippen LogP contribution is 2.19. The SMILES string of the molecule is Cc1cc(NC(=O)c2cccc(NS(=O)(=O)c3ccccc3)c2)ccc1C(N)=O. The van der Waals surface area contributed by atoms with Crippen LogP contribution in [0.15, 0.2) is 77.7 Å². The van der Waals surface area contributed by atoms with Crippen molar-refractivity contribution >= 4 is 33.2 Å². The van der Waals surface area contributed by atoms with E-state index in [4.69, 9.17) is 5.73 Å². The molecule has 29 heavy (non-hydrogen) atoms. The number of rotatable bonds is 6. The molecule has 3 aromatic rings. The Morgan fingerprint density at radius 1 is 0.862 bits per heavy atom. The molecule has 0 saturated carbocycles. The molecule has 0 bridgehead atoms. The topological polar surface area (TPSA) is 118 Å². The summed E-state index contributed by atoms with van der Waals surface area (Å²) in [5, 5.41) is 2.72. The summed E-state index contributed by atoms with van der Waals surface area (Å²) in [6, 6.07) is 18.9. The first-order valence-corrected chi connectivity index (χ1v) is 10.1. The van der Waals surface area contributed by atoms with Crippen molar-refractivity contribution in [2.75, 3.05) is 10.0 Å². The molecule has 0 saturated heterocycles. The average Bonchev–Trinajstić information content (AvgIpc) is 2.68. The predicted molar refractivity (Wildman–Crippen MR) is 111 cm³/mol. The van der Waals surface area contributed by atoms with Crippen LogP contribution in [0.3, 0.4) is 0 Å². The number of amides is 2. The second kappa shape index (κ2) is 8.15. The van der Waals surface area contributed by atoms with E-state index in [0.717, 1.165) is 0 Å². The number of anilines is 2. The number of nitrogens with two attached hydrogens (primary N) is 1. The Morgan fingerprint density at radius 2 is 1.59 bits per heavy atom. The van der Waals surface area contributed by atoms with Crippen LogP contribution in [0.2, 0.25) is 0 Å². The number of sulfonamides is 1. The number of nitrogens with one attached hydrogen (secondary N) is 2. The molecule has 7 nitrogen and oxygen atoms in total. The molecule has 3 rings (SSSR count). The van der Waals surface area contributed by atoms with Crippen molar-refractivity contribution in [3.8, 4) is 0 Å². The molecule has 8 heteroatoms. The summed E-state index contributed by atoms with van der Waals surface area (Å²) in [4.78, 5) is 24.0. The summed E-state index contributed by atoms with van der Waals surface area (Å²) < 4.78 is 27.4. The molecule has 0 atom stereocenters. The van der Waals surface area contributed by atoms with Crippen molar-refractivity contribution in [1.29, 1.82) is 0 Å². The molecule has 148 valence electrons. The zero-order chi connectivity index (χ0) is 21.0. The van der Waals surface area contributed by atoms with Gasteiger partial charge in [-0.2, -0.15) is 0 Å². The van der Waals surface area contributed by atoms with Crippen molar-refractivity contribution in [2.45, 2.75) is 11.8 Å². The van der Waals surface area contributed by atoms with Crippen LogP contribution >= 0.6 is 0 Å². The number of carbonyl (C=O) groups is 2. The molecule has 0 aliphatic carbocycles. The van der Waals surface area contributed by atoms with E-state index in [1.807, 2.05) is 0 Å². The number of carbonyl (C=O) groups excluding carboxylic acids is 2. The zero-order valence-electron chi connectivity index (χ0n) is 15.5. The van der Waals surface area contributed by atoms with Crippen LogP contribution in [0, 0.1) is 6.92 Å². The standard InChI is InChI=1S/C21H19N3O4S/c1-14-12-16(10-11-19(14)20(22)25)23-21(26)15-6-5-7-17(13-15)24-29(27,28)18-8-3-2-4-9-18/h2-13,24H,1H3,(H2,22,25)(H,23,26). The van der Waals surface area contributed by atoms with Crippen LogP contribution in [0.4, 0.5) is 11.4 Å². The van der Waals surface area contributed by atoms with E-state index in [1.54, 1.807) is 55.5 Å². The third kappa shape index (κ3) is 4.80. The van der Waals surface area contributed by atoms with E-state index >= 15 is 0 Å². The molecule has 3 aromatic carbocycles. The van der Waals surface area contributed by atoms with Crippen LogP contribution < -0.4 is 15.8 Å². The monoisotopic (exact) mass is 409 g/mol. The summed E-state index contributed by atoms with van der Waals surface area (Å²) in [5.74, 6) is -0.962. The Bertz CT molecular complexity index is 1180. The Kier molecular flexibility index (Phi) is 5.65. The number of aryl methyl sites for hydroxylation is 1. The van der Waals surface area contributed by atoms with Gasteiger partial charge in [-0.05, 0) is 61.0 Å². The summed E-state index contributed by atoms with van der Waals surface area (Å²) >= 11 is 0. The molecule has 0 heterocycles. The van der Waals surface area contributed by atoms with Gasteiger partial charge in [-0.3, -0.25) is 14.3 Å². The zero-order valence-corrected chi connectivity index (χ0v) is 16.4. The Balaban J connectivity index is 1.78. The highest BCUT2D eigenvalue weighted by Gasteiger charge is 2.15. The molecule has 4 N–H and O–H groups in total. The normalized spacial score (nSPS) is 10.9. The predicted octanol–water partition coefficient (Wildman–Crippen LogP) is 3.15. The van der Waals surface area contributed by atoms with Crippen LogP contribution in [-0.4, -0.2) is 20.2 Å². The van der Waals surface area contributed by atoms with Gasteiger partial charge in [-0.25, -0.2) is 8.42 Å². The number of primary amides is 1. The summed E-state index contributed by atoms with van der Waals surface area (Å²) in [6.45, 7) is 1.72. The smallest absolute Gasteiger partial charge is 0.261 e. The van der Waals surface area contributed by atoms with Crippen LogP contribution in [0.1, 0.15) is 26.3 Å². The van der Waals surface area contributed by atoms with Gasteiger partial charge in [0.25, 0.3) is 15.9 Å². The second-order valence-corrected chi connectivity index (χ2v) is 8.03. The molecule has 0 aliphatic rings. The van der Waals surface area contributed by atoms with Crippen molar-refractivity contribution in [3.63, 3.8) is 0 Å². The van der Waals surface area contributed by atoms with Crippen molar-refractivity contribution < 1.29 is 18.0 Å². The quantitative estimate of drug-likeness (QED) is 0.579. The molecule has 0 aliphatic heterocycles. The minimum atomic E-state index is -3.76. The highest BCUT2D eigenvalue weighted by atomic mass is 32.2. The minimum Gasteiger partial charge on any atom is -0.366 e. The fourth-order valence-corrected chi connectivity index (χ4v) is 3.83. The van der Waals surface area contributed by atoms with E-state index in [9.17, 15) is 18.0 Å². The third-order valence-electron chi connectivity index (χ3n) is 4.18. The Hall–Kier alpha value is -3.65. The first-order chi connectivity index (χ1) is 13.8. The molecule has 0 fully saturated rings.